The van der Waals surface area contributed by atoms with Gasteiger partial charge in [0.05, 0.1) is 15.0 Å². The van der Waals surface area contributed by atoms with Gasteiger partial charge in [-0.2, -0.15) is 0 Å². The predicted octanol–water partition coefficient (Wildman–Crippen LogP) is 3.58. The molecule has 84 valence electrons. The molecule has 0 unspecified atom stereocenters. The van der Waals surface area contributed by atoms with Crippen LogP contribution in [0.1, 0.15) is 6.92 Å². The second-order valence-electron chi connectivity index (χ2n) is 3.38. The molecule has 1 aromatic carbocycles. The highest BCUT2D eigenvalue weighted by molar-refractivity contribution is 9.10. The van der Waals surface area contributed by atoms with E-state index in [4.69, 9.17) is 11.6 Å². The fourth-order valence-electron chi connectivity index (χ4n) is 1.61. The summed E-state index contributed by atoms with van der Waals surface area (Å²) in [6, 6.07) is 2.65. The van der Waals surface area contributed by atoms with Gasteiger partial charge in [0.25, 0.3) is 0 Å². The van der Waals surface area contributed by atoms with Gasteiger partial charge < -0.3 is 4.57 Å². The summed E-state index contributed by atoms with van der Waals surface area (Å²) in [6.45, 7) is 2.62. The maximum Gasteiger partial charge on any atom is 0.203 e. The van der Waals surface area contributed by atoms with Crippen LogP contribution in [0.3, 0.4) is 0 Å². The fourth-order valence-corrected chi connectivity index (χ4v) is 2.23. The van der Waals surface area contributed by atoms with E-state index in [9.17, 15) is 9.18 Å². The molecular formula is C11H8BrClFNO. The van der Waals surface area contributed by atoms with E-state index in [1.165, 1.54) is 12.1 Å². The number of aryl methyl sites for hydroxylation is 1. The van der Waals surface area contributed by atoms with Gasteiger partial charge in [-0.3, -0.25) is 4.79 Å². The van der Waals surface area contributed by atoms with Crippen LogP contribution in [0.2, 0.25) is 5.02 Å². The van der Waals surface area contributed by atoms with Crippen molar-refractivity contribution in [3.8, 4) is 0 Å². The number of pyridine rings is 1. The summed E-state index contributed by atoms with van der Waals surface area (Å²) in [7, 11) is 0. The molecule has 0 fully saturated rings. The molecule has 0 saturated carbocycles. The van der Waals surface area contributed by atoms with Gasteiger partial charge in [-0.1, -0.05) is 11.6 Å². The summed E-state index contributed by atoms with van der Waals surface area (Å²) in [5, 5.41) is 0.356. The third-order valence-electron chi connectivity index (χ3n) is 2.42. The van der Waals surface area contributed by atoms with E-state index in [1.807, 2.05) is 11.5 Å². The molecule has 1 heterocycles. The van der Waals surface area contributed by atoms with Crippen LogP contribution in [-0.2, 0) is 6.54 Å². The molecule has 0 aliphatic rings. The van der Waals surface area contributed by atoms with Crippen molar-refractivity contribution in [1.29, 1.82) is 0 Å². The van der Waals surface area contributed by atoms with Gasteiger partial charge in [-0.05, 0) is 35.0 Å². The first kappa shape index (κ1) is 11.6. The van der Waals surface area contributed by atoms with Gasteiger partial charge in [-0.25, -0.2) is 4.39 Å². The van der Waals surface area contributed by atoms with Crippen LogP contribution >= 0.6 is 27.5 Å². The number of hydrogen-bond acceptors (Lipinski definition) is 1. The van der Waals surface area contributed by atoms with Crippen molar-refractivity contribution in [3.63, 3.8) is 0 Å². The van der Waals surface area contributed by atoms with Gasteiger partial charge in [0.15, 0.2) is 0 Å². The van der Waals surface area contributed by atoms with Crippen LogP contribution in [0.5, 0.6) is 0 Å². The Balaban J connectivity index is 2.99. The number of benzene rings is 1. The van der Waals surface area contributed by atoms with Crippen LogP contribution in [0, 0.1) is 5.82 Å². The average molecular weight is 305 g/mol. The Bertz CT molecular complexity index is 623. The quantitative estimate of drug-likeness (QED) is 0.789. The van der Waals surface area contributed by atoms with E-state index < -0.39 is 5.82 Å². The van der Waals surface area contributed by atoms with Crippen molar-refractivity contribution in [2.75, 3.05) is 0 Å². The lowest BCUT2D eigenvalue weighted by Crippen LogP contribution is -2.10. The summed E-state index contributed by atoms with van der Waals surface area (Å²) in [5.41, 5.74) is 0.414. The normalized spacial score (nSPS) is 11.0. The van der Waals surface area contributed by atoms with E-state index in [1.54, 1.807) is 6.20 Å². The summed E-state index contributed by atoms with van der Waals surface area (Å²) >= 11 is 8.87. The SMILES string of the molecule is CCn1cc(Br)c(=O)c2cc(F)c(Cl)cc21. The van der Waals surface area contributed by atoms with E-state index >= 15 is 0 Å². The molecule has 2 nitrogen and oxygen atoms in total. The number of hydrogen-bond donors (Lipinski definition) is 0. The van der Waals surface area contributed by atoms with E-state index in [0.29, 0.717) is 21.9 Å². The molecule has 1 aromatic heterocycles. The van der Waals surface area contributed by atoms with Crippen LogP contribution in [0.25, 0.3) is 10.9 Å². The zero-order valence-electron chi connectivity index (χ0n) is 8.43. The summed E-state index contributed by atoms with van der Waals surface area (Å²) in [6.07, 6.45) is 1.68. The van der Waals surface area contributed by atoms with Gasteiger partial charge in [-0.15, -0.1) is 0 Å². The minimum Gasteiger partial charge on any atom is -0.346 e. The van der Waals surface area contributed by atoms with Gasteiger partial charge >= 0.3 is 0 Å². The third-order valence-corrected chi connectivity index (χ3v) is 3.27. The average Bonchev–Trinajstić information content (AvgIpc) is 2.26. The molecule has 2 rings (SSSR count). The Labute approximate surface area is 105 Å². The lowest BCUT2D eigenvalue weighted by Gasteiger charge is -2.09. The fraction of sp³-hybridized carbons (Fsp3) is 0.182. The van der Waals surface area contributed by atoms with Crippen molar-refractivity contribution in [1.82, 2.24) is 4.57 Å². The van der Waals surface area contributed by atoms with Crippen molar-refractivity contribution in [2.24, 2.45) is 0 Å². The van der Waals surface area contributed by atoms with Gasteiger partial charge in [0.2, 0.25) is 5.43 Å². The summed E-state index contributed by atoms with van der Waals surface area (Å²) in [5.74, 6) is -0.577. The molecule has 0 aliphatic heterocycles. The predicted molar refractivity (Wildman–Crippen MR) is 66.6 cm³/mol. The molecule has 0 N–H and O–H groups in total. The minimum atomic E-state index is -0.577. The minimum absolute atomic E-state index is 0.0245. The smallest absolute Gasteiger partial charge is 0.203 e. The number of rotatable bonds is 1. The first-order chi connectivity index (χ1) is 7.54. The number of aromatic nitrogens is 1. The van der Waals surface area contributed by atoms with Crippen LogP contribution in [0.15, 0.2) is 27.6 Å². The second kappa shape index (κ2) is 4.18. The largest absolute Gasteiger partial charge is 0.346 e. The molecule has 0 aliphatic carbocycles. The lowest BCUT2D eigenvalue weighted by atomic mass is 10.2. The zero-order valence-corrected chi connectivity index (χ0v) is 10.8. The molecule has 0 bridgehead atoms. The molecule has 0 amide bonds. The second-order valence-corrected chi connectivity index (χ2v) is 4.64. The molecule has 2 aromatic rings. The monoisotopic (exact) mass is 303 g/mol. The highest BCUT2D eigenvalue weighted by atomic mass is 79.9. The molecule has 16 heavy (non-hydrogen) atoms. The van der Waals surface area contributed by atoms with Gasteiger partial charge in [0.1, 0.15) is 5.82 Å². The first-order valence-corrected chi connectivity index (χ1v) is 5.89. The number of nitrogens with zero attached hydrogens (tertiary/aromatic N) is 1. The van der Waals surface area contributed by atoms with Crippen LogP contribution < -0.4 is 5.43 Å². The lowest BCUT2D eigenvalue weighted by molar-refractivity contribution is 0.629. The molecular weight excluding hydrogens is 296 g/mol. The van der Waals surface area contributed by atoms with Crippen LogP contribution in [-0.4, -0.2) is 4.57 Å². The molecule has 0 saturated heterocycles. The molecule has 0 atom stereocenters. The Morgan fingerprint density at radius 3 is 2.81 bits per heavy atom. The van der Waals surface area contributed by atoms with E-state index in [0.717, 1.165) is 0 Å². The Hall–Kier alpha value is -0.870. The molecule has 5 heteroatoms. The highest BCUT2D eigenvalue weighted by Gasteiger charge is 2.10. The van der Waals surface area contributed by atoms with Gasteiger partial charge in [0, 0.05) is 18.1 Å². The standard InChI is InChI=1S/C11H8BrClFNO/c1-2-15-5-7(12)11(16)6-3-9(14)8(13)4-10(6)15/h3-5H,2H2,1H3. The maximum atomic E-state index is 13.3. The number of halogens is 3. The van der Waals surface area contributed by atoms with E-state index in [-0.39, 0.29) is 10.5 Å². The Morgan fingerprint density at radius 2 is 2.19 bits per heavy atom. The zero-order chi connectivity index (χ0) is 11.9. The Morgan fingerprint density at radius 1 is 1.50 bits per heavy atom. The first-order valence-electron chi connectivity index (χ1n) is 4.72. The van der Waals surface area contributed by atoms with Crippen molar-refractivity contribution < 1.29 is 4.39 Å². The van der Waals surface area contributed by atoms with Crippen molar-refractivity contribution >= 4 is 38.4 Å². The Kier molecular flexibility index (Phi) is 3.04. The summed E-state index contributed by atoms with van der Waals surface area (Å²) < 4.78 is 15.6. The van der Waals surface area contributed by atoms with Crippen LogP contribution in [0.4, 0.5) is 4.39 Å². The topological polar surface area (TPSA) is 22.0 Å². The third kappa shape index (κ3) is 1.76. The number of fused-ring (bicyclic) bond motifs is 1. The van der Waals surface area contributed by atoms with Crippen molar-refractivity contribution in [2.45, 2.75) is 13.5 Å². The summed E-state index contributed by atoms with van der Waals surface area (Å²) in [4.78, 5) is 11.8. The molecule has 0 radical (unpaired) electrons. The highest BCUT2D eigenvalue weighted by Crippen LogP contribution is 2.22. The maximum absolute atomic E-state index is 13.3. The van der Waals surface area contributed by atoms with Crippen molar-refractivity contribution in [3.05, 3.63) is 43.9 Å². The molecule has 0 spiro atoms. The van der Waals surface area contributed by atoms with E-state index in [2.05, 4.69) is 15.9 Å².